The summed E-state index contributed by atoms with van der Waals surface area (Å²) in [7, 11) is -3.51. The van der Waals surface area contributed by atoms with Gasteiger partial charge in [-0.15, -0.1) is 0 Å². The molecule has 0 bridgehead atoms. The molecule has 3 rings (SSSR count). The molecule has 1 aliphatic rings. The smallest absolute Gasteiger partial charge is 0.243 e. The van der Waals surface area contributed by atoms with Crippen molar-refractivity contribution in [3.63, 3.8) is 0 Å². The Hall–Kier alpha value is -1.93. The maximum absolute atomic E-state index is 12.7. The van der Waals surface area contributed by atoms with Gasteiger partial charge in [0.25, 0.3) is 0 Å². The van der Waals surface area contributed by atoms with E-state index in [1.807, 2.05) is 25.1 Å². The van der Waals surface area contributed by atoms with Crippen LogP contribution in [0.4, 0.5) is 5.69 Å². The van der Waals surface area contributed by atoms with E-state index in [0.29, 0.717) is 23.8 Å². The summed E-state index contributed by atoms with van der Waals surface area (Å²) in [5, 5.41) is 6.52. The molecule has 1 heterocycles. The third-order valence-electron chi connectivity index (χ3n) is 4.76. The summed E-state index contributed by atoms with van der Waals surface area (Å²) in [5.41, 5.74) is 1.37. The van der Waals surface area contributed by atoms with Crippen molar-refractivity contribution in [1.29, 1.82) is 0 Å². The number of carbonyl (C=O) groups excluding carboxylic acids is 1. The van der Waals surface area contributed by atoms with Crippen LogP contribution in [0.15, 0.2) is 53.4 Å². The zero-order valence-electron chi connectivity index (χ0n) is 15.7. The number of hydrogen-bond acceptors (Lipinski definition) is 4. The lowest BCUT2D eigenvalue weighted by Gasteiger charge is -2.17. The highest BCUT2D eigenvalue weighted by Crippen LogP contribution is 2.24. The van der Waals surface area contributed by atoms with Crippen molar-refractivity contribution in [3.05, 3.63) is 59.1 Å². The molecule has 0 aromatic heterocycles. The molecule has 0 saturated carbocycles. The molecule has 2 aromatic carbocycles. The number of sulfonamides is 1. The van der Waals surface area contributed by atoms with Gasteiger partial charge in [-0.1, -0.05) is 35.9 Å². The number of halogens is 1. The van der Waals surface area contributed by atoms with Gasteiger partial charge in [0.15, 0.2) is 0 Å². The van der Waals surface area contributed by atoms with Crippen LogP contribution >= 0.6 is 11.6 Å². The molecular weight excluding hydrogens is 398 g/mol. The van der Waals surface area contributed by atoms with Gasteiger partial charge >= 0.3 is 0 Å². The van der Waals surface area contributed by atoms with Crippen molar-refractivity contribution in [1.82, 2.24) is 9.62 Å². The van der Waals surface area contributed by atoms with Crippen LogP contribution in [0.2, 0.25) is 5.02 Å². The molecule has 1 fully saturated rings. The molecule has 2 aromatic rings. The number of amides is 1. The Morgan fingerprint density at radius 1 is 1.14 bits per heavy atom. The minimum atomic E-state index is -3.51. The lowest BCUT2D eigenvalue weighted by atomic mass is 10.1. The lowest BCUT2D eigenvalue weighted by molar-refractivity contribution is -0.115. The fourth-order valence-electron chi connectivity index (χ4n) is 3.20. The van der Waals surface area contributed by atoms with Crippen LogP contribution in [-0.4, -0.2) is 38.3 Å². The highest BCUT2D eigenvalue weighted by Gasteiger charge is 2.27. The van der Waals surface area contributed by atoms with E-state index in [-0.39, 0.29) is 23.4 Å². The fraction of sp³-hybridized carbons (Fsp3) is 0.350. The molecule has 0 spiro atoms. The molecule has 1 aliphatic heterocycles. The van der Waals surface area contributed by atoms with E-state index in [9.17, 15) is 13.2 Å². The topological polar surface area (TPSA) is 78.5 Å². The molecular formula is C20H24ClN3O3S. The second kappa shape index (κ2) is 9.05. The predicted octanol–water partition coefficient (Wildman–Crippen LogP) is 3.41. The van der Waals surface area contributed by atoms with Crippen LogP contribution in [0.1, 0.15) is 31.4 Å². The molecule has 2 N–H and O–H groups in total. The zero-order chi connectivity index (χ0) is 20.1. The number of nitrogens with zero attached hydrogens (tertiary/aromatic N) is 1. The highest BCUT2D eigenvalue weighted by molar-refractivity contribution is 7.89. The van der Waals surface area contributed by atoms with Gasteiger partial charge in [-0.3, -0.25) is 4.79 Å². The number of hydrogen-bond donors (Lipinski definition) is 2. The molecule has 0 aliphatic carbocycles. The summed E-state index contributed by atoms with van der Waals surface area (Å²) in [6.45, 7) is 3.10. The first kappa shape index (κ1) is 20.8. The van der Waals surface area contributed by atoms with Crippen LogP contribution in [0.5, 0.6) is 0 Å². The van der Waals surface area contributed by atoms with Crippen LogP contribution in [0.25, 0.3) is 0 Å². The summed E-state index contributed by atoms with van der Waals surface area (Å²) in [6.07, 6.45) is 1.76. The third-order valence-corrected chi connectivity index (χ3v) is 7.00. The van der Waals surface area contributed by atoms with Crippen molar-refractivity contribution >= 4 is 33.2 Å². The first-order chi connectivity index (χ1) is 13.4. The van der Waals surface area contributed by atoms with Crippen molar-refractivity contribution < 1.29 is 13.2 Å². The SMILES string of the molecule is C[C@H](NCC(=O)Nc1cccc(S(=O)(=O)N2CCCC2)c1)c1ccccc1Cl. The molecule has 0 unspecified atom stereocenters. The Morgan fingerprint density at radius 3 is 2.57 bits per heavy atom. The second-order valence-corrected chi connectivity index (χ2v) is 9.16. The van der Waals surface area contributed by atoms with E-state index in [1.54, 1.807) is 24.3 Å². The Bertz CT molecular complexity index is 943. The number of benzene rings is 2. The molecule has 8 heteroatoms. The largest absolute Gasteiger partial charge is 0.325 e. The molecule has 1 atom stereocenters. The minimum absolute atomic E-state index is 0.0789. The fourth-order valence-corrected chi connectivity index (χ4v) is 5.06. The minimum Gasteiger partial charge on any atom is -0.325 e. The summed E-state index contributed by atoms with van der Waals surface area (Å²) < 4.78 is 26.8. The molecule has 6 nitrogen and oxygen atoms in total. The van der Waals surface area contributed by atoms with E-state index in [2.05, 4.69) is 10.6 Å². The summed E-state index contributed by atoms with van der Waals surface area (Å²) >= 11 is 6.18. The summed E-state index contributed by atoms with van der Waals surface area (Å²) in [5.74, 6) is -0.255. The Morgan fingerprint density at radius 2 is 1.86 bits per heavy atom. The van der Waals surface area contributed by atoms with Crippen molar-refractivity contribution in [2.75, 3.05) is 25.0 Å². The molecule has 28 heavy (non-hydrogen) atoms. The quantitative estimate of drug-likeness (QED) is 0.718. The zero-order valence-corrected chi connectivity index (χ0v) is 17.3. The van der Waals surface area contributed by atoms with Gasteiger partial charge in [-0.2, -0.15) is 4.31 Å². The monoisotopic (exact) mass is 421 g/mol. The summed E-state index contributed by atoms with van der Waals surface area (Å²) in [6, 6.07) is 13.7. The normalized spacial score (nSPS) is 16.1. The first-order valence-corrected chi connectivity index (χ1v) is 11.1. The van der Waals surface area contributed by atoms with E-state index in [0.717, 1.165) is 18.4 Å². The number of carbonyl (C=O) groups is 1. The van der Waals surface area contributed by atoms with Gasteiger partial charge in [0, 0.05) is 29.8 Å². The highest BCUT2D eigenvalue weighted by atomic mass is 35.5. The summed E-state index contributed by atoms with van der Waals surface area (Å²) in [4.78, 5) is 12.5. The van der Waals surface area contributed by atoms with Crippen molar-refractivity contribution in [2.45, 2.75) is 30.7 Å². The average Bonchev–Trinajstić information content (AvgIpc) is 3.22. The standard InChI is InChI=1S/C20H24ClN3O3S/c1-15(18-9-2-3-10-19(18)21)22-14-20(25)23-16-7-6-8-17(13-16)28(26,27)24-11-4-5-12-24/h2-3,6-10,13,15,22H,4-5,11-12,14H2,1H3,(H,23,25)/t15-/m0/s1. The van der Waals surface area contributed by atoms with Crippen molar-refractivity contribution in [2.24, 2.45) is 0 Å². The van der Waals surface area contributed by atoms with Gasteiger partial charge in [-0.05, 0) is 49.6 Å². The molecule has 1 saturated heterocycles. The molecule has 1 amide bonds. The van der Waals surface area contributed by atoms with Crippen molar-refractivity contribution in [3.8, 4) is 0 Å². The molecule has 0 radical (unpaired) electrons. The van der Waals surface area contributed by atoms with Crippen LogP contribution in [0, 0.1) is 0 Å². The Labute approximate surface area is 170 Å². The maximum atomic E-state index is 12.7. The van der Waals surface area contributed by atoms with Gasteiger partial charge < -0.3 is 10.6 Å². The number of rotatable bonds is 7. The van der Waals surface area contributed by atoms with Crippen LogP contribution in [-0.2, 0) is 14.8 Å². The van der Waals surface area contributed by atoms with Gasteiger partial charge in [0.2, 0.25) is 15.9 Å². The lowest BCUT2D eigenvalue weighted by Crippen LogP contribution is -2.30. The van der Waals surface area contributed by atoms with Gasteiger partial charge in [0.1, 0.15) is 0 Å². The second-order valence-electron chi connectivity index (χ2n) is 6.81. The number of nitrogens with one attached hydrogen (secondary N) is 2. The average molecular weight is 422 g/mol. The van der Waals surface area contributed by atoms with E-state index in [4.69, 9.17) is 11.6 Å². The Balaban J connectivity index is 1.61. The van der Waals surface area contributed by atoms with E-state index in [1.165, 1.54) is 10.4 Å². The van der Waals surface area contributed by atoms with Gasteiger partial charge in [0.05, 0.1) is 11.4 Å². The van der Waals surface area contributed by atoms with E-state index < -0.39 is 10.0 Å². The number of anilines is 1. The predicted molar refractivity (Wildman–Crippen MR) is 111 cm³/mol. The molecule has 150 valence electrons. The van der Waals surface area contributed by atoms with Crippen LogP contribution in [0.3, 0.4) is 0 Å². The first-order valence-electron chi connectivity index (χ1n) is 9.26. The third kappa shape index (κ3) is 4.91. The maximum Gasteiger partial charge on any atom is 0.243 e. The van der Waals surface area contributed by atoms with Gasteiger partial charge in [-0.25, -0.2) is 8.42 Å². The Kier molecular flexibility index (Phi) is 6.72. The van der Waals surface area contributed by atoms with E-state index >= 15 is 0 Å². The van der Waals surface area contributed by atoms with Crippen LogP contribution < -0.4 is 10.6 Å².